The van der Waals surface area contributed by atoms with Gasteiger partial charge >= 0.3 is 0 Å². The van der Waals surface area contributed by atoms with Crippen molar-refractivity contribution in [1.82, 2.24) is 5.32 Å². The van der Waals surface area contributed by atoms with Gasteiger partial charge in [0.05, 0.1) is 0 Å². The summed E-state index contributed by atoms with van der Waals surface area (Å²) in [6, 6.07) is 8.77. The van der Waals surface area contributed by atoms with Gasteiger partial charge < -0.3 is 5.32 Å². The van der Waals surface area contributed by atoms with Gasteiger partial charge in [-0.3, -0.25) is 0 Å². The van der Waals surface area contributed by atoms with E-state index in [1.807, 2.05) is 0 Å². The third-order valence-corrected chi connectivity index (χ3v) is 5.29. The number of halogens is 1. The molecular formula is C17H26BrN. The summed E-state index contributed by atoms with van der Waals surface area (Å²) in [6.45, 7) is 6.91. The standard InChI is InChI=1S/C17H26BrN/c1-3-5-8-14(4-2)11-17(12-19-13-17)15-9-6-7-10-16(15)18/h6-7,9-10,14,19H,3-5,8,11-13H2,1-2H3. The van der Waals surface area contributed by atoms with Gasteiger partial charge in [0, 0.05) is 23.0 Å². The van der Waals surface area contributed by atoms with E-state index in [-0.39, 0.29) is 0 Å². The molecule has 106 valence electrons. The van der Waals surface area contributed by atoms with Crippen molar-refractivity contribution in [1.29, 1.82) is 0 Å². The first-order chi connectivity index (χ1) is 9.22. The van der Waals surface area contributed by atoms with Crippen molar-refractivity contribution in [3.8, 4) is 0 Å². The average molecular weight is 324 g/mol. The van der Waals surface area contributed by atoms with Crippen molar-refractivity contribution >= 4 is 15.9 Å². The molecule has 2 rings (SSSR count). The third kappa shape index (κ3) is 3.41. The van der Waals surface area contributed by atoms with Gasteiger partial charge in [0.1, 0.15) is 0 Å². The second-order valence-corrected chi connectivity index (χ2v) is 6.84. The van der Waals surface area contributed by atoms with Crippen molar-refractivity contribution in [2.45, 2.75) is 51.4 Å². The molecular weight excluding hydrogens is 298 g/mol. The van der Waals surface area contributed by atoms with Crippen LogP contribution in [0.1, 0.15) is 51.5 Å². The van der Waals surface area contributed by atoms with E-state index in [0.29, 0.717) is 5.41 Å². The smallest absolute Gasteiger partial charge is 0.0216 e. The Labute approximate surface area is 126 Å². The number of hydrogen-bond donors (Lipinski definition) is 1. The predicted molar refractivity (Wildman–Crippen MR) is 86.6 cm³/mol. The Balaban J connectivity index is 2.12. The highest BCUT2D eigenvalue weighted by Crippen LogP contribution is 2.40. The Hall–Kier alpha value is -0.340. The van der Waals surface area contributed by atoms with E-state index >= 15 is 0 Å². The number of benzene rings is 1. The summed E-state index contributed by atoms with van der Waals surface area (Å²) in [5, 5.41) is 3.49. The first kappa shape index (κ1) is 15.1. The van der Waals surface area contributed by atoms with Crippen molar-refractivity contribution in [2.24, 2.45) is 5.92 Å². The fraction of sp³-hybridized carbons (Fsp3) is 0.647. The molecule has 1 aliphatic rings. The summed E-state index contributed by atoms with van der Waals surface area (Å²) in [5.74, 6) is 0.870. The molecule has 2 heteroatoms. The Morgan fingerprint density at radius 1 is 1.26 bits per heavy atom. The SMILES string of the molecule is CCCCC(CC)CC1(c2ccccc2Br)CNC1. The molecule has 1 fully saturated rings. The summed E-state index contributed by atoms with van der Waals surface area (Å²) in [4.78, 5) is 0. The molecule has 0 aliphatic carbocycles. The number of rotatable bonds is 7. The zero-order valence-corrected chi connectivity index (χ0v) is 13.8. The maximum Gasteiger partial charge on any atom is 0.0216 e. The van der Waals surface area contributed by atoms with Crippen LogP contribution in [0.4, 0.5) is 0 Å². The lowest BCUT2D eigenvalue weighted by atomic mass is 9.68. The van der Waals surface area contributed by atoms with Gasteiger partial charge in [0.25, 0.3) is 0 Å². The lowest BCUT2D eigenvalue weighted by molar-refractivity contribution is 0.205. The van der Waals surface area contributed by atoms with Crippen molar-refractivity contribution < 1.29 is 0 Å². The summed E-state index contributed by atoms with van der Waals surface area (Å²) in [6.07, 6.45) is 6.72. The highest BCUT2D eigenvalue weighted by molar-refractivity contribution is 9.10. The molecule has 1 atom stereocenters. The van der Waals surface area contributed by atoms with Crippen molar-refractivity contribution in [2.75, 3.05) is 13.1 Å². The van der Waals surface area contributed by atoms with Crippen LogP contribution >= 0.6 is 15.9 Å². The molecule has 19 heavy (non-hydrogen) atoms. The highest BCUT2D eigenvalue weighted by Gasteiger charge is 2.40. The van der Waals surface area contributed by atoms with Gasteiger partial charge in [-0.1, -0.05) is 73.7 Å². The molecule has 1 aromatic carbocycles. The molecule has 1 nitrogen and oxygen atoms in total. The summed E-state index contributed by atoms with van der Waals surface area (Å²) >= 11 is 3.74. The van der Waals surface area contributed by atoms with Crippen LogP contribution in [0.3, 0.4) is 0 Å². The minimum absolute atomic E-state index is 0.370. The number of hydrogen-bond acceptors (Lipinski definition) is 1. The molecule has 1 aliphatic heterocycles. The van der Waals surface area contributed by atoms with Crippen LogP contribution in [0.25, 0.3) is 0 Å². The Morgan fingerprint density at radius 3 is 2.53 bits per heavy atom. The van der Waals surface area contributed by atoms with Crippen molar-refractivity contribution in [3.63, 3.8) is 0 Å². The van der Waals surface area contributed by atoms with Crippen molar-refractivity contribution in [3.05, 3.63) is 34.3 Å². The van der Waals surface area contributed by atoms with E-state index in [2.05, 4.69) is 59.4 Å². The molecule has 0 aromatic heterocycles. The molecule has 1 unspecified atom stereocenters. The molecule has 0 bridgehead atoms. The lowest BCUT2D eigenvalue weighted by Crippen LogP contribution is -2.57. The molecule has 0 saturated carbocycles. The summed E-state index contributed by atoms with van der Waals surface area (Å²) < 4.78 is 1.28. The zero-order valence-electron chi connectivity index (χ0n) is 12.2. The Kier molecular flexibility index (Phi) is 5.47. The average Bonchev–Trinajstić information content (AvgIpc) is 2.39. The first-order valence-electron chi connectivity index (χ1n) is 7.67. The van der Waals surface area contributed by atoms with Crippen LogP contribution in [0, 0.1) is 5.92 Å². The third-order valence-electron chi connectivity index (χ3n) is 4.59. The molecule has 1 saturated heterocycles. The molecule has 0 radical (unpaired) electrons. The van der Waals surface area contributed by atoms with Crippen LogP contribution in [0.5, 0.6) is 0 Å². The van der Waals surface area contributed by atoms with E-state index in [1.54, 1.807) is 0 Å². The lowest BCUT2D eigenvalue weighted by Gasteiger charge is -2.46. The maximum atomic E-state index is 3.74. The Bertz CT molecular complexity index is 398. The monoisotopic (exact) mass is 323 g/mol. The van der Waals surface area contributed by atoms with Crippen LogP contribution in [-0.4, -0.2) is 13.1 Å². The van der Waals surface area contributed by atoms with Gasteiger partial charge in [-0.15, -0.1) is 0 Å². The van der Waals surface area contributed by atoms with Crippen LogP contribution in [0.15, 0.2) is 28.7 Å². The van der Waals surface area contributed by atoms with Crippen LogP contribution < -0.4 is 5.32 Å². The second-order valence-electron chi connectivity index (χ2n) is 5.98. The molecule has 0 amide bonds. The summed E-state index contributed by atoms with van der Waals surface area (Å²) in [7, 11) is 0. The molecule has 1 N–H and O–H groups in total. The minimum atomic E-state index is 0.370. The van der Waals surface area contributed by atoms with E-state index in [9.17, 15) is 0 Å². The molecule has 1 aromatic rings. The Morgan fingerprint density at radius 2 is 2.00 bits per heavy atom. The van der Waals surface area contributed by atoms with E-state index in [4.69, 9.17) is 0 Å². The number of unbranched alkanes of at least 4 members (excludes halogenated alkanes) is 1. The topological polar surface area (TPSA) is 12.0 Å². The maximum absolute atomic E-state index is 3.74. The second kappa shape index (κ2) is 6.90. The zero-order chi connectivity index (χ0) is 13.7. The van der Waals surface area contributed by atoms with Gasteiger partial charge in [0.2, 0.25) is 0 Å². The largest absolute Gasteiger partial charge is 0.315 e. The van der Waals surface area contributed by atoms with E-state index in [1.165, 1.54) is 42.1 Å². The highest BCUT2D eigenvalue weighted by atomic mass is 79.9. The fourth-order valence-electron chi connectivity index (χ4n) is 3.26. The van der Waals surface area contributed by atoms with Crippen LogP contribution in [-0.2, 0) is 5.41 Å². The van der Waals surface area contributed by atoms with Gasteiger partial charge in [-0.2, -0.15) is 0 Å². The van der Waals surface area contributed by atoms with Crippen LogP contribution in [0.2, 0.25) is 0 Å². The van der Waals surface area contributed by atoms with E-state index < -0.39 is 0 Å². The quantitative estimate of drug-likeness (QED) is 0.752. The van der Waals surface area contributed by atoms with E-state index in [0.717, 1.165) is 19.0 Å². The predicted octanol–water partition coefficient (Wildman–Crippen LogP) is 4.90. The minimum Gasteiger partial charge on any atom is -0.315 e. The number of nitrogens with one attached hydrogen (secondary N) is 1. The van der Waals surface area contributed by atoms with Gasteiger partial charge in [0.15, 0.2) is 0 Å². The molecule has 1 heterocycles. The van der Waals surface area contributed by atoms with Gasteiger partial charge in [-0.05, 0) is 24.0 Å². The normalized spacial score (nSPS) is 18.9. The fourth-order valence-corrected chi connectivity index (χ4v) is 3.96. The van der Waals surface area contributed by atoms with Gasteiger partial charge in [-0.25, -0.2) is 0 Å². The molecule has 0 spiro atoms. The first-order valence-corrected chi connectivity index (χ1v) is 8.47. The summed E-state index contributed by atoms with van der Waals surface area (Å²) in [5.41, 5.74) is 1.87.